The van der Waals surface area contributed by atoms with Crippen LogP contribution < -0.4 is 4.90 Å². The summed E-state index contributed by atoms with van der Waals surface area (Å²) in [6.45, 7) is 4.57. The zero-order valence-electron chi connectivity index (χ0n) is 10.3. The number of nitrogens with zero attached hydrogens (tertiary/aromatic N) is 1. The number of halogens is 1. The van der Waals surface area contributed by atoms with E-state index in [1.165, 1.54) is 6.26 Å². The van der Waals surface area contributed by atoms with Gasteiger partial charge in [0.2, 0.25) is 0 Å². The molecule has 0 unspecified atom stereocenters. The Balaban J connectivity index is 2.35. The molecule has 94 valence electrons. The van der Waals surface area contributed by atoms with Gasteiger partial charge in [0, 0.05) is 12.2 Å². The highest BCUT2D eigenvalue weighted by molar-refractivity contribution is 9.10. The summed E-state index contributed by atoms with van der Waals surface area (Å²) in [6, 6.07) is 9.56. The van der Waals surface area contributed by atoms with Crippen LogP contribution in [0.5, 0.6) is 0 Å². The first-order valence-electron chi connectivity index (χ1n) is 5.75. The maximum atomic E-state index is 12.4. The molecule has 3 nitrogen and oxygen atoms in total. The zero-order valence-corrected chi connectivity index (χ0v) is 11.9. The first kappa shape index (κ1) is 12.9. The normalized spacial score (nSPS) is 10.4. The summed E-state index contributed by atoms with van der Waals surface area (Å²) in [6.07, 6.45) is 1.50. The molecule has 0 aliphatic carbocycles. The van der Waals surface area contributed by atoms with Crippen LogP contribution in [-0.2, 0) is 0 Å². The number of benzene rings is 1. The molecule has 2 rings (SSSR count). The SMILES string of the molecule is CCN(C(=O)c1ccoc1Br)c1cccc(C)c1. The van der Waals surface area contributed by atoms with Crippen LogP contribution in [-0.4, -0.2) is 12.5 Å². The Kier molecular flexibility index (Phi) is 3.87. The van der Waals surface area contributed by atoms with Gasteiger partial charge in [-0.15, -0.1) is 0 Å². The van der Waals surface area contributed by atoms with Gasteiger partial charge in [-0.3, -0.25) is 4.79 Å². The molecule has 0 N–H and O–H groups in total. The number of aryl methyl sites for hydroxylation is 1. The van der Waals surface area contributed by atoms with Crippen LogP contribution >= 0.6 is 15.9 Å². The van der Waals surface area contributed by atoms with Crippen LogP contribution in [0.3, 0.4) is 0 Å². The van der Waals surface area contributed by atoms with Gasteiger partial charge in [-0.1, -0.05) is 12.1 Å². The summed E-state index contributed by atoms with van der Waals surface area (Å²) < 4.78 is 5.58. The largest absolute Gasteiger partial charge is 0.457 e. The van der Waals surface area contributed by atoms with Crippen molar-refractivity contribution in [2.75, 3.05) is 11.4 Å². The fraction of sp³-hybridized carbons (Fsp3) is 0.214. The minimum absolute atomic E-state index is 0.0660. The maximum Gasteiger partial charge on any atom is 0.262 e. The second-order valence-electron chi connectivity index (χ2n) is 4.00. The summed E-state index contributed by atoms with van der Waals surface area (Å²) in [4.78, 5) is 14.1. The third-order valence-electron chi connectivity index (χ3n) is 2.72. The van der Waals surface area contributed by atoms with Crippen molar-refractivity contribution in [1.29, 1.82) is 0 Å². The number of rotatable bonds is 3. The van der Waals surface area contributed by atoms with Crippen LogP contribution in [0, 0.1) is 6.92 Å². The third kappa shape index (κ3) is 2.48. The summed E-state index contributed by atoms with van der Waals surface area (Å²) in [5.74, 6) is -0.0660. The van der Waals surface area contributed by atoms with Crippen molar-refractivity contribution in [2.45, 2.75) is 13.8 Å². The van der Waals surface area contributed by atoms with Crippen LogP contribution in [0.25, 0.3) is 0 Å². The van der Waals surface area contributed by atoms with E-state index in [9.17, 15) is 4.79 Å². The summed E-state index contributed by atoms with van der Waals surface area (Å²) >= 11 is 3.24. The van der Waals surface area contributed by atoms with Gasteiger partial charge >= 0.3 is 0 Å². The number of amides is 1. The number of carbonyl (C=O) groups excluding carboxylic acids is 1. The van der Waals surface area contributed by atoms with Crippen molar-refractivity contribution in [3.63, 3.8) is 0 Å². The molecule has 1 heterocycles. The van der Waals surface area contributed by atoms with E-state index in [0.717, 1.165) is 11.3 Å². The Bertz CT molecular complexity index is 562. The predicted octanol–water partition coefficient (Wildman–Crippen LogP) is 4.02. The van der Waals surface area contributed by atoms with Gasteiger partial charge in [0.1, 0.15) is 0 Å². The number of hydrogen-bond acceptors (Lipinski definition) is 2. The third-order valence-corrected chi connectivity index (χ3v) is 3.34. The van der Waals surface area contributed by atoms with Crippen LogP contribution in [0.4, 0.5) is 5.69 Å². The van der Waals surface area contributed by atoms with E-state index in [-0.39, 0.29) is 5.91 Å². The van der Waals surface area contributed by atoms with Gasteiger partial charge < -0.3 is 9.32 Å². The van der Waals surface area contributed by atoms with E-state index in [0.29, 0.717) is 16.8 Å². The van der Waals surface area contributed by atoms with E-state index < -0.39 is 0 Å². The number of anilines is 1. The molecule has 1 amide bonds. The molecule has 4 heteroatoms. The molecular weight excluding hydrogens is 294 g/mol. The lowest BCUT2D eigenvalue weighted by Gasteiger charge is -2.21. The minimum atomic E-state index is -0.0660. The van der Waals surface area contributed by atoms with Gasteiger partial charge in [0.15, 0.2) is 4.67 Å². The monoisotopic (exact) mass is 307 g/mol. The van der Waals surface area contributed by atoms with Gasteiger partial charge in [0.05, 0.1) is 11.8 Å². The van der Waals surface area contributed by atoms with Crippen molar-refractivity contribution in [3.05, 3.63) is 52.4 Å². The van der Waals surface area contributed by atoms with E-state index in [1.807, 2.05) is 38.1 Å². The average molecular weight is 308 g/mol. The molecule has 0 atom stereocenters. The molecule has 0 bridgehead atoms. The minimum Gasteiger partial charge on any atom is -0.457 e. The van der Waals surface area contributed by atoms with E-state index in [4.69, 9.17) is 4.42 Å². The molecular formula is C14H14BrNO2. The highest BCUT2D eigenvalue weighted by Crippen LogP contribution is 2.23. The predicted molar refractivity (Wildman–Crippen MR) is 74.9 cm³/mol. The Morgan fingerprint density at radius 3 is 2.72 bits per heavy atom. The first-order chi connectivity index (χ1) is 8.63. The van der Waals surface area contributed by atoms with E-state index in [2.05, 4.69) is 15.9 Å². The highest BCUT2D eigenvalue weighted by Gasteiger charge is 2.20. The van der Waals surface area contributed by atoms with Gasteiger partial charge in [-0.2, -0.15) is 0 Å². The van der Waals surface area contributed by atoms with Crippen molar-refractivity contribution in [1.82, 2.24) is 0 Å². The van der Waals surface area contributed by atoms with Crippen molar-refractivity contribution < 1.29 is 9.21 Å². The van der Waals surface area contributed by atoms with Crippen molar-refractivity contribution in [3.8, 4) is 0 Å². The molecule has 1 aromatic carbocycles. The first-order valence-corrected chi connectivity index (χ1v) is 6.54. The highest BCUT2D eigenvalue weighted by atomic mass is 79.9. The van der Waals surface area contributed by atoms with E-state index >= 15 is 0 Å². The van der Waals surface area contributed by atoms with Gasteiger partial charge in [0.25, 0.3) is 5.91 Å². The number of carbonyl (C=O) groups is 1. The molecule has 18 heavy (non-hydrogen) atoms. The molecule has 0 aliphatic heterocycles. The molecule has 0 aliphatic rings. The van der Waals surface area contributed by atoms with Crippen molar-refractivity contribution >= 4 is 27.5 Å². The molecule has 2 aromatic rings. The van der Waals surface area contributed by atoms with Crippen LogP contribution in [0.1, 0.15) is 22.8 Å². The van der Waals surface area contributed by atoms with E-state index in [1.54, 1.807) is 11.0 Å². The Morgan fingerprint density at radius 1 is 1.39 bits per heavy atom. The maximum absolute atomic E-state index is 12.4. The fourth-order valence-electron chi connectivity index (χ4n) is 1.83. The number of furan rings is 1. The summed E-state index contributed by atoms with van der Waals surface area (Å²) in [5.41, 5.74) is 2.57. The topological polar surface area (TPSA) is 33.5 Å². The van der Waals surface area contributed by atoms with Crippen molar-refractivity contribution in [2.24, 2.45) is 0 Å². The molecule has 0 saturated carbocycles. The Labute approximate surface area is 115 Å². The zero-order chi connectivity index (χ0) is 13.1. The van der Waals surface area contributed by atoms with Gasteiger partial charge in [-0.25, -0.2) is 0 Å². The van der Waals surface area contributed by atoms with Gasteiger partial charge in [-0.05, 0) is 53.5 Å². The molecule has 0 spiro atoms. The fourth-order valence-corrected chi connectivity index (χ4v) is 2.24. The molecule has 0 saturated heterocycles. The lowest BCUT2D eigenvalue weighted by atomic mass is 10.2. The quantitative estimate of drug-likeness (QED) is 0.858. The average Bonchev–Trinajstić information content (AvgIpc) is 2.76. The molecule has 0 fully saturated rings. The summed E-state index contributed by atoms with van der Waals surface area (Å²) in [5, 5.41) is 0. The summed E-state index contributed by atoms with van der Waals surface area (Å²) in [7, 11) is 0. The second-order valence-corrected chi connectivity index (χ2v) is 4.72. The molecule has 0 radical (unpaired) electrons. The lowest BCUT2D eigenvalue weighted by Crippen LogP contribution is -2.30. The van der Waals surface area contributed by atoms with Crippen LogP contribution in [0.15, 0.2) is 45.7 Å². The Hall–Kier alpha value is -1.55. The van der Waals surface area contributed by atoms with Crippen LogP contribution in [0.2, 0.25) is 0 Å². The second kappa shape index (κ2) is 5.40. The Morgan fingerprint density at radius 2 is 2.17 bits per heavy atom. The molecule has 1 aromatic heterocycles. The standard InChI is InChI=1S/C14H14BrNO2/c1-3-16(11-6-4-5-10(2)9-11)14(17)12-7-8-18-13(12)15/h4-9H,3H2,1-2H3. The lowest BCUT2D eigenvalue weighted by molar-refractivity contribution is 0.0986. The smallest absolute Gasteiger partial charge is 0.262 e. The number of hydrogen-bond donors (Lipinski definition) is 0.